The number of aryl methyl sites for hydroxylation is 3. The van der Waals surface area contributed by atoms with E-state index in [-0.39, 0.29) is 0 Å². The molecular weight excluding hydrogens is 226 g/mol. The Morgan fingerprint density at radius 1 is 1.33 bits per heavy atom. The maximum Gasteiger partial charge on any atom is 0.138 e. The van der Waals surface area contributed by atoms with Crippen LogP contribution < -0.4 is 5.32 Å². The van der Waals surface area contributed by atoms with Crippen molar-refractivity contribution in [3.05, 3.63) is 41.0 Å². The van der Waals surface area contributed by atoms with Crippen molar-refractivity contribution >= 4 is 0 Å². The van der Waals surface area contributed by atoms with Crippen molar-refractivity contribution in [1.82, 2.24) is 15.0 Å². The number of hydrogen-bond donors (Lipinski definition) is 1. The van der Waals surface area contributed by atoms with Gasteiger partial charge in [0.2, 0.25) is 0 Å². The Morgan fingerprint density at radius 3 is 2.83 bits per heavy atom. The molecule has 98 valence electrons. The molecule has 0 aromatic carbocycles. The van der Waals surface area contributed by atoms with Gasteiger partial charge in [-0.3, -0.25) is 0 Å². The summed E-state index contributed by atoms with van der Waals surface area (Å²) in [5.41, 5.74) is 3.46. The van der Waals surface area contributed by atoms with E-state index in [4.69, 9.17) is 4.52 Å². The second kappa shape index (κ2) is 5.87. The van der Waals surface area contributed by atoms with E-state index in [9.17, 15) is 0 Å². The Kier molecular flexibility index (Phi) is 4.20. The summed E-state index contributed by atoms with van der Waals surface area (Å²) in [5.74, 6) is 0.906. The highest BCUT2D eigenvalue weighted by molar-refractivity contribution is 5.20. The van der Waals surface area contributed by atoms with Crippen LogP contribution in [0.2, 0.25) is 0 Å². The highest BCUT2D eigenvalue weighted by atomic mass is 16.5. The lowest BCUT2D eigenvalue weighted by Gasteiger charge is -2.03. The van der Waals surface area contributed by atoms with E-state index in [1.165, 1.54) is 17.5 Å². The van der Waals surface area contributed by atoms with Gasteiger partial charge in [-0.1, -0.05) is 12.1 Å². The van der Waals surface area contributed by atoms with Crippen LogP contribution >= 0.6 is 0 Å². The van der Waals surface area contributed by atoms with E-state index in [2.05, 4.69) is 40.4 Å². The molecule has 18 heavy (non-hydrogen) atoms. The average Bonchev–Trinajstić information content (AvgIpc) is 2.91. The molecule has 0 spiro atoms. The van der Waals surface area contributed by atoms with Gasteiger partial charge in [-0.15, -0.1) is 0 Å². The zero-order valence-corrected chi connectivity index (χ0v) is 11.4. The summed E-state index contributed by atoms with van der Waals surface area (Å²) < 4.78 is 7.37. The molecular formula is C14H21N3O. The first-order valence-electron chi connectivity index (χ1n) is 6.47. The van der Waals surface area contributed by atoms with Crippen LogP contribution in [0.3, 0.4) is 0 Å². The molecule has 0 aliphatic heterocycles. The summed E-state index contributed by atoms with van der Waals surface area (Å²) in [5, 5.41) is 7.38. The fourth-order valence-electron chi connectivity index (χ4n) is 2.08. The quantitative estimate of drug-likeness (QED) is 0.853. The second-order valence-corrected chi connectivity index (χ2v) is 4.66. The number of nitrogens with one attached hydrogen (secondary N) is 1. The van der Waals surface area contributed by atoms with E-state index in [1.54, 1.807) is 0 Å². The lowest BCUT2D eigenvalue weighted by molar-refractivity contribution is 0.392. The fraction of sp³-hybridized carbons (Fsp3) is 0.500. The lowest BCUT2D eigenvalue weighted by atomic mass is 10.2. The second-order valence-electron chi connectivity index (χ2n) is 4.66. The van der Waals surface area contributed by atoms with Crippen LogP contribution in [-0.4, -0.2) is 9.72 Å². The van der Waals surface area contributed by atoms with Gasteiger partial charge in [0.1, 0.15) is 5.76 Å². The van der Waals surface area contributed by atoms with Crippen LogP contribution in [0.5, 0.6) is 0 Å². The molecule has 0 saturated heterocycles. The van der Waals surface area contributed by atoms with Gasteiger partial charge in [0.05, 0.1) is 5.69 Å². The molecule has 4 heteroatoms. The predicted octanol–water partition coefficient (Wildman–Crippen LogP) is 2.79. The summed E-state index contributed by atoms with van der Waals surface area (Å²) in [6.45, 7) is 8.89. The van der Waals surface area contributed by atoms with E-state index < -0.39 is 0 Å². The van der Waals surface area contributed by atoms with Crippen LogP contribution in [0, 0.1) is 13.8 Å². The number of hydrogen-bond acceptors (Lipinski definition) is 3. The van der Waals surface area contributed by atoms with Crippen molar-refractivity contribution in [3.63, 3.8) is 0 Å². The Labute approximate surface area is 108 Å². The van der Waals surface area contributed by atoms with E-state index in [0.717, 1.165) is 31.1 Å². The highest BCUT2D eigenvalue weighted by Gasteiger charge is 2.07. The summed E-state index contributed by atoms with van der Waals surface area (Å²) in [6, 6.07) is 2.16. The third-order valence-electron chi connectivity index (χ3n) is 3.11. The highest BCUT2D eigenvalue weighted by Crippen LogP contribution is 2.12. The minimum absolute atomic E-state index is 0.806. The van der Waals surface area contributed by atoms with Crippen LogP contribution in [0.1, 0.15) is 35.9 Å². The minimum atomic E-state index is 0.806. The first-order chi connectivity index (χ1) is 8.70. The zero-order chi connectivity index (χ0) is 13.0. The van der Waals surface area contributed by atoms with Gasteiger partial charge < -0.3 is 14.4 Å². The van der Waals surface area contributed by atoms with E-state index in [1.807, 2.05) is 13.8 Å². The largest absolute Gasteiger partial charge is 0.361 e. The predicted molar refractivity (Wildman–Crippen MR) is 71.2 cm³/mol. The molecule has 0 aliphatic rings. The topological polar surface area (TPSA) is 43.0 Å². The van der Waals surface area contributed by atoms with Crippen molar-refractivity contribution in [3.8, 4) is 0 Å². The number of nitrogens with zero attached hydrogens (tertiary/aromatic N) is 2. The molecule has 2 heterocycles. The van der Waals surface area contributed by atoms with Gasteiger partial charge >= 0.3 is 0 Å². The molecule has 0 saturated carbocycles. The van der Waals surface area contributed by atoms with Crippen molar-refractivity contribution in [2.45, 2.75) is 46.8 Å². The van der Waals surface area contributed by atoms with Gasteiger partial charge in [0.15, 0.2) is 0 Å². The van der Waals surface area contributed by atoms with Crippen molar-refractivity contribution in [2.75, 3.05) is 0 Å². The van der Waals surface area contributed by atoms with Gasteiger partial charge in [-0.05, 0) is 31.9 Å². The molecule has 0 aliphatic carbocycles. The van der Waals surface area contributed by atoms with Gasteiger partial charge in [0, 0.05) is 37.6 Å². The van der Waals surface area contributed by atoms with Crippen LogP contribution in [0.25, 0.3) is 0 Å². The molecule has 0 atom stereocenters. The third kappa shape index (κ3) is 3.01. The molecule has 2 aromatic rings. The first-order valence-corrected chi connectivity index (χ1v) is 6.47. The van der Waals surface area contributed by atoms with Gasteiger partial charge in [-0.25, -0.2) is 0 Å². The Morgan fingerprint density at radius 2 is 2.17 bits per heavy atom. The molecule has 2 aromatic heterocycles. The summed E-state index contributed by atoms with van der Waals surface area (Å²) in [6.07, 6.45) is 5.50. The standard InChI is InChI=1S/C14H21N3O/c1-4-6-17-7-5-13(10-17)8-15-9-14-11(2)16-18-12(14)3/h5,7,10,15H,4,6,8-9H2,1-3H3. The normalized spacial score (nSPS) is 11.1. The average molecular weight is 247 g/mol. The van der Waals surface area contributed by atoms with Gasteiger partial charge in [-0.2, -0.15) is 0 Å². The van der Waals surface area contributed by atoms with Crippen molar-refractivity contribution in [1.29, 1.82) is 0 Å². The number of rotatable bonds is 6. The molecule has 0 fully saturated rings. The fourth-order valence-corrected chi connectivity index (χ4v) is 2.08. The lowest BCUT2D eigenvalue weighted by Crippen LogP contribution is -2.13. The maximum absolute atomic E-state index is 5.14. The van der Waals surface area contributed by atoms with E-state index >= 15 is 0 Å². The maximum atomic E-state index is 5.14. The van der Waals surface area contributed by atoms with Crippen molar-refractivity contribution in [2.24, 2.45) is 0 Å². The number of aromatic nitrogens is 2. The smallest absolute Gasteiger partial charge is 0.138 e. The molecule has 0 unspecified atom stereocenters. The van der Waals surface area contributed by atoms with Gasteiger partial charge in [0.25, 0.3) is 0 Å². The third-order valence-corrected chi connectivity index (χ3v) is 3.11. The van der Waals surface area contributed by atoms with Crippen LogP contribution in [-0.2, 0) is 19.6 Å². The SMILES string of the molecule is CCCn1ccc(CNCc2c(C)noc2C)c1. The first kappa shape index (κ1) is 12.9. The summed E-state index contributed by atoms with van der Waals surface area (Å²) >= 11 is 0. The Hall–Kier alpha value is -1.55. The Bertz CT molecular complexity index is 479. The minimum Gasteiger partial charge on any atom is -0.361 e. The molecule has 1 N–H and O–H groups in total. The molecule has 0 radical (unpaired) electrons. The zero-order valence-electron chi connectivity index (χ0n) is 11.4. The van der Waals surface area contributed by atoms with Crippen molar-refractivity contribution < 1.29 is 4.52 Å². The summed E-state index contributed by atoms with van der Waals surface area (Å²) in [7, 11) is 0. The Balaban J connectivity index is 1.84. The molecule has 0 amide bonds. The molecule has 4 nitrogen and oxygen atoms in total. The van der Waals surface area contributed by atoms with E-state index in [0.29, 0.717) is 0 Å². The molecule has 2 rings (SSSR count). The monoisotopic (exact) mass is 247 g/mol. The summed E-state index contributed by atoms with van der Waals surface area (Å²) in [4.78, 5) is 0. The molecule has 0 bridgehead atoms. The van der Waals surface area contributed by atoms with Crippen LogP contribution in [0.15, 0.2) is 23.0 Å². The van der Waals surface area contributed by atoms with Crippen LogP contribution in [0.4, 0.5) is 0 Å².